The molecule has 0 radical (unpaired) electrons. The van der Waals surface area contributed by atoms with E-state index in [1.807, 2.05) is 13.0 Å². The van der Waals surface area contributed by atoms with Crippen molar-refractivity contribution in [3.8, 4) is 0 Å². The number of ether oxygens (including phenoxy) is 2. The number of nitrogens with zero attached hydrogens (tertiary/aromatic N) is 1. The van der Waals surface area contributed by atoms with Crippen LogP contribution in [0.15, 0.2) is 83.3 Å². The highest BCUT2D eigenvalue weighted by atomic mass is 16.6. The molecule has 1 N–H and O–H groups in total. The largest absolute Gasteiger partial charge is 0.458 e. The molecule has 0 bridgehead atoms. The zero-order valence-electron chi connectivity index (χ0n) is 19.2. The first-order valence-corrected chi connectivity index (χ1v) is 10.5. The van der Waals surface area contributed by atoms with Crippen molar-refractivity contribution in [2.24, 2.45) is 0 Å². The molecule has 0 spiro atoms. The average Bonchev–Trinajstić information content (AvgIpc) is 2.78. The third-order valence-corrected chi connectivity index (χ3v) is 4.91. The van der Waals surface area contributed by atoms with E-state index in [4.69, 9.17) is 9.47 Å². The molecule has 0 fully saturated rings. The minimum Gasteiger partial charge on any atom is -0.458 e. The maximum Gasteiger partial charge on any atom is 0.337 e. The number of rotatable bonds is 9. The zero-order chi connectivity index (χ0) is 24.4. The van der Waals surface area contributed by atoms with Crippen LogP contribution in [0.2, 0.25) is 0 Å². The molecule has 0 aliphatic carbocycles. The quantitative estimate of drug-likeness (QED) is 0.191. The smallest absolute Gasteiger partial charge is 0.337 e. The molecule has 33 heavy (non-hydrogen) atoms. The molecule has 0 amide bonds. The van der Waals surface area contributed by atoms with Gasteiger partial charge in [-0.15, -0.1) is 0 Å². The van der Waals surface area contributed by atoms with E-state index in [9.17, 15) is 19.7 Å². The number of esters is 2. The van der Waals surface area contributed by atoms with E-state index in [1.165, 1.54) is 18.2 Å². The van der Waals surface area contributed by atoms with Gasteiger partial charge in [-0.25, -0.2) is 9.59 Å². The molecule has 8 nitrogen and oxygen atoms in total. The molecule has 174 valence electrons. The molecule has 1 aliphatic rings. The number of nitro groups is 1. The molecule has 8 heteroatoms. The van der Waals surface area contributed by atoms with Crippen LogP contribution in [-0.4, -0.2) is 30.1 Å². The van der Waals surface area contributed by atoms with Crippen molar-refractivity contribution in [3.05, 3.63) is 98.9 Å². The number of non-ortho nitro benzene ring substituents is 1. The summed E-state index contributed by atoms with van der Waals surface area (Å²) in [6.45, 7) is 7.16. The van der Waals surface area contributed by atoms with Gasteiger partial charge in [0.15, 0.2) is 0 Å². The molecular formula is C25H28N2O6. The summed E-state index contributed by atoms with van der Waals surface area (Å²) in [6, 6.07) is 5.87. The topological polar surface area (TPSA) is 108 Å². The second kappa shape index (κ2) is 12.2. The van der Waals surface area contributed by atoms with Crippen molar-refractivity contribution >= 4 is 17.6 Å². The van der Waals surface area contributed by atoms with Crippen LogP contribution in [-0.2, 0) is 19.1 Å². The lowest BCUT2D eigenvalue weighted by Gasteiger charge is -2.30. The Morgan fingerprint density at radius 3 is 2.15 bits per heavy atom. The van der Waals surface area contributed by atoms with Crippen LogP contribution in [0.25, 0.3) is 0 Å². The Bertz CT molecular complexity index is 1060. The minimum absolute atomic E-state index is 0.0331. The zero-order valence-corrected chi connectivity index (χ0v) is 19.2. The van der Waals surface area contributed by atoms with Gasteiger partial charge in [0.1, 0.15) is 13.2 Å². The molecule has 0 aromatic heterocycles. The van der Waals surface area contributed by atoms with Gasteiger partial charge in [-0.3, -0.25) is 10.1 Å². The highest BCUT2D eigenvalue weighted by Gasteiger charge is 2.38. The van der Waals surface area contributed by atoms with Crippen molar-refractivity contribution in [1.82, 2.24) is 5.32 Å². The SMILES string of the molecule is C/C=C/C=C/COC(=O)C1=C(C)NC(C)=C(C(=O)OC/C=C/C)C1c1cccc([N+](=O)[O-])c1. The maximum absolute atomic E-state index is 13.1. The molecule has 1 aromatic carbocycles. The number of dihydropyridines is 1. The number of hydrogen-bond acceptors (Lipinski definition) is 7. The summed E-state index contributed by atoms with van der Waals surface area (Å²) in [5.74, 6) is -2.15. The van der Waals surface area contributed by atoms with Crippen molar-refractivity contribution in [3.63, 3.8) is 0 Å². The van der Waals surface area contributed by atoms with Crippen LogP contribution in [0.4, 0.5) is 5.69 Å². The molecular weight excluding hydrogens is 424 g/mol. The van der Waals surface area contributed by atoms with Crippen LogP contribution in [0.3, 0.4) is 0 Å². The molecule has 0 saturated heterocycles. The van der Waals surface area contributed by atoms with E-state index in [1.54, 1.807) is 57.2 Å². The van der Waals surface area contributed by atoms with Crippen molar-refractivity contribution in [1.29, 1.82) is 0 Å². The number of carbonyl (C=O) groups is 2. The van der Waals surface area contributed by atoms with Crippen LogP contribution in [0, 0.1) is 10.1 Å². The Morgan fingerprint density at radius 1 is 1.00 bits per heavy atom. The summed E-state index contributed by atoms with van der Waals surface area (Å²) in [5.41, 5.74) is 1.65. The average molecular weight is 453 g/mol. The summed E-state index contributed by atoms with van der Waals surface area (Å²) in [6.07, 6.45) is 10.5. The molecule has 0 saturated carbocycles. The summed E-state index contributed by atoms with van der Waals surface area (Å²) < 4.78 is 10.8. The van der Waals surface area contributed by atoms with Gasteiger partial charge in [0.2, 0.25) is 0 Å². The third kappa shape index (κ3) is 6.52. The predicted octanol–water partition coefficient (Wildman–Crippen LogP) is 4.62. The first-order valence-electron chi connectivity index (χ1n) is 10.5. The fraction of sp³-hybridized carbons (Fsp3) is 0.280. The van der Waals surface area contributed by atoms with E-state index in [-0.39, 0.29) is 30.0 Å². The van der Waals surface area contributed by atoms with Crippen LogP contribution >= 0.6 is 0 Å². The molecule has 1 atom stereocenters. The number of nitro benzene ring substituents is 1. The second-order valence-electron chi connectivity index (χ2n) is 7.21. The van der Waals surface area contributed by atoms with Gasteiger partial charge in [-0.2, -0.15) is 0 Å². The van der Waals surface area contributed by atoms with Crippen LogP contribution < -0.4 is 5.32 Å². The monoisotopic (exact) mass is 452 g/mol. The van der Waals surface area contributed by atoms with Gasteiger partial charge >= 0.3 is 11.9 Å². The number of carbonyl (C=O) groups excluding carboxylic acids is 2. The lowest BCUT2D eigenvalue weighted by molar-refractivity contribution is -0.384. The Kier molecular flexibility index (Phi) is 9.35. The van der Waals surface area contributed by atoms with E-state index < -0.39 is 22.8 Å². The Balaban J connectivity index is 2.53. The predicted molar refractivity (Wildman–Crippen MR) is 125 cm³/mol. The lowest BCUT2D eigenvalue weighted by atomic mass is 9.80. The van der Waals surface area contributed by atoms with Gasteiger partial charge in [-0.1, -0.05) is 42.5 Å². The Hall–Kier alpha value is -3.94. The second-order valence-corrected chi connectivity index (χ2v) is 7.21. The highest BCUT2D eigenvalue weighted by Crippen LogP contribution is 2.40. The maximum atomic E-state index is 13.1. The molecule has 1 aromatic rings. The van der Waals surface area contributed by atoms with Crippen molar-refractivity contribution in [2.45, 2.75) is 33.6 Å². The lowest BCUT2D eigenvalue weighted by Crippen LogP contribution is -2.32. The van der Waals surface area contributed by atoms with Crippen molar-refractivity contribution in [2.75, 3.05) is 13.2 Å². The summed E-state index contributed by atoms with van der Waals surface area (Å²) in [5, 5.41) is 14.4. The van der Waals surface area contributed by atoms with E-state index >= 15 is 0 Å². The molecule has 1 unspecified atom stereocenters. The van der Waals surface area contributed by atoms with Crippen molar-refractivity contribution < 1.29 is 24.0 Å². The Labute approximate surface area is 193 Å². The first kappa shape index (κ1) is 25.3. The third-order valence-electron chi connectivity index (χ3n) is 4.91. The standard InChI is InChI=1S/C25H28N2O6/c1-5-7-9-10-15-33-25(29)22-18(4)26-17(3)21(24(28)32-14-8-6-2)23(22)19-12-11-13-20(16-19)27(30)31/h5-13,16,23,26H,14-15H2,1-4H3/b7-5+,8-6+,10-9+. The van der Waals surface area contributed by atoms with E-state index in [2.05, 4.69) is 5.32 Å². The first-order chi connectivity index (χ1) is 15.8. The summed E-state index contributed by atoms with van der Waals surface area (Å²) >= 11 is 0. The van der Waals surface area contributed by atoms with E-state index in [0.717, 1.165) is 0 Å². The van der Waals surface area contributed by atoms with Gasteiger partial charge < -0.3 is 14.8 Å². The number of allylic oxidation sites excluding steroid dienone is 6. The van der Waals surface area contributed by atoms with Crippen LogP contribution in [0.5, 0.6) is 0 Å². The normalized spacial score (nSPS) is 16.5. The minimum atomic E-state index is -0.892. The van der Waals surface area contributed by atoms with Gasteiger partial charge in [0, 0.05) is 23.5 Å². The number of nitrogens with one attached hydrogen (secondary N) is 1. The number of benzene rings is 1. The van der Waals surface area contributed by atoms with Gasteiger partial charge in [-0.05, 0) is 39.3 Å². The van der Waals surface area contributed by atoms with Gasteiger partial charge in [0.05, 0.1) is 22.0 Å². The fourth-order valence-corrected chi connectivity index (χ4v) is 3.43. The fourth-order valence-electron chi connectivity index (χ4n) is 3.43. The molecule has 1 heterocycles. The van der Waals surface area contributed by atoms with Crippen LogP contribution in [0.1, 0.15) is 39.2 Å². The van der Waals surface area contributed by atoms with Gasteiger partial charge in [0.25, 0.3) is 5.69 Å². The highest BCUT2D eigenvalue weighted by molar-refractivity contribution is 6.00. The Morgan fingerprint density at radius 2 is 1.61 bits per heavy atom. The molecule has 1 aliphatic heterocycles. The summed E-state index contributed by atoms with van der Waals surface area (Å²) in [4.78, 5) is 36.9. The summed E-state index contributed by atoms with van der Waals surface area (Å²) in [7, 11) is 0. The van der Waals surface area contributed by atoms with E-state index in [0.29, 0.717) is 17.0 Å². The molecule has 2 rings (SSSR count). The number of hydrogen-bond donors (Lipinski definition) is 1.